The molecular weight excluding hydrogens is 292 g/mol. The molecule has 0 bridgehead atoms. The molecule has 0 aromatic carbocycles. The first-order valence-corrected chi connectivity index (χ1v) is 6.28. The van der Waals surface area contributed by atoms with E-state index in [0.29, 0.717) is 16.3 Å². The molecule has 0 aliphatic carbocycles. The predicted molar refractivity (Wildman–Crippen MR) is 64.4 cm³/mol. The first kappa shape index (κ1) is 13.0. The van der Waals surface area contributed by atoms with Gasteiger partial charge in [-0.2, -0.15) is 5.26 Å². The minimum Gasteiger partial charge on any atom is -0.468 e. The zero-order valence-electron chi connectivity index (χ0n) is 8.51. The van der Waals surface area contributed by atoms with E-state index in [1.54, 1.807) is 18.3 Å². The molecule has 0 aliphatic rings. The van der Waals surface area contributed by atoms with Crippen molar-refractivity contribution in [3.05, 3.63) is 23.9 Å². The number of rotatable bonds is 4. The number of hydrogen-bond acceptors (Lipinski definition) is 5. The van der Waals surface area contributed by atoms with Gasteiger partial charge in [0.2, 0.25) is 0 Å². The van der Waals surface area contributed by atoms with E-state index in [0.717, 1.165) is 0 Å². The van der Waals surface area contributed by atoms with Crippen LogP contribution in [0.2, 0.25) is 0 Å². The Kier molecular flexibility index (Phi) is 5.29. The number of carbonyl (C=O) groups is 1. The Bertz CT molecular complexity index is 420. The lowest BCUT2D eigenvalue weighted by atomic mass is 10.3. The lowest BCUT2D eigenvalue weighted by Gasteiger charge is -2.06. The van der Waals surface area contributed by atoms with Crippen molar-refractivity contribution in [3.63, 3.8) is 0 Å². The fourth-order valence-electron chi connectivity index (χ4n) is 0.912. The average molecular weight is 301 g/mol. The van der Waals surface area contributed by atoms with Crippen LogP contribution in [0.25, 0.3) is 0 Å². The van der Waals surface area contributed by atoms with Gasteiger partial charge in [0.15, 0.2) is 0 Å². The van der Waals surface area contributed by atoms with Crippen LogP contribution in [0.15, 0.2) is 23.4 Å². The number of thioether (sulfide) groups is 1. The van der Waals surface area contributed by atoms with Gasteiger partial charge in [0, 0.05) is 11.9 Å². The standard InChI is InChI=1S/C10H9BrN2O2S/c1-15-10(14)8(11)6-16-9-4-7(5-12)2-3-13-9/h2-4,8H,6H2,1H3. The molecule has 0 amide bonds. The maximum absolute atomic E-state index is 11.1. The largest absolute Gasteiger partial charge is 0.468 e. The number of aromatic nitrogens is 1. The molecule has 1 unspecified atom stereocenters. The average Bonchev–Trinajstić information content (AvgIpc) is 2.35. The number of pyridine rings is 1. The molecule has 0 radical (unpaired) electrons. The highest BCUT2D eigenvalue weighted by Gasteiger charge is 2.15. The van der Waals surface area contributed by atoms with Crippen LogP contribution in [-0.2, 0) is 9.53 Å². The fourth-order valence-corrected chi connectivity index (χ4v) is 2.29. The van der Waals surface area contributed by atoms with Crippen molar-refractivity contribution in [1.82, 2.24) is 4.98 Å². The van der Waals surface area contributed by atoms with Crippen LogP contribution >= 0.6 is 27.7 Å². The van der Waals surface area contributed by atoms with Crippen LogP contribution in [0, 0.1) is 11.3 Å². The van der Waals surface area contributed by atoms with Crippen LogP contribution in [-0.4, -0.2) is 28.6 Å². The minimum absolute atomic E-state index is 0.316. The van der Waals surface area contributed by atoms with Gasteiger partial charge in [0.25, 0.3) is 0 Å². The van der Waals surface area contributed by atoms with E-state index in [-0.39, 0.29) is 10.8 Å². The lowest BCUT2D eigenvalue weighted by molar-refractivity contribution is -0.139. The molecule has 4 nitrogen and oxygen atoms in total. The molecule has 0 saturated carbocycles. The van der Waals surface area contributed by atoms with E-state index < -0.39 is 0 Å². The number of nitrogens with zero attached hydrogens (tertiary/aromatic N) is 2. The van der Waals surface area contributed by atoms with Crippen LogP contribution in [0.1, 0.15) is 5.56 Å². The SMILES string of the molecule is COC(=O)C(Br)CSc1cc(C#N)ccn1. The molecule has 0 N–H and O–H groups in total. The molecule has 6 heteroatoms. The molecule has 0 aliphatic heterocycles. The summed E-state index contributed by atoms with van der Waals surface area (Å²) in [6.45, 7) is 0. The van der Waals surface area contributed by atoms with Crippen LogP contribution in [0.3, 0.4) is 0 Å². The molecule has 0 spiro atoms. The molecule has 1 atom stereocenters. The van der Waals surface area contributed by atoms with Gasteiger partial charge in [-0.1, -0.05) is 15.9 Å². The highest BCUT2D eigenvalue weighted by Crippen LogP contribution is 2.20. The number of methoxy groups -OCH3 is 1. The number of ether oxygens (including phenoxy) is 1. The summed E-state index contributed by atoms with van der Waals surface area (Å²) >= 11 is 4.60. The summed E-state index contributed by atoms with van der Waals surface area (Å²) in [5.41, 5.74) is 0.557. The number of hydrogen-bond donors (Lipinski definition) is 0. The Balaban J connectivity index is 2.55. The summed E-state index contributed by atoms with van der Waals surface area (Å²) in [7, 11) is 1.34. The Labute approximate surface area is 106 Å². The van der Waals surface area contributed by atoms with Crippen molar-refractivity contribution in [3.8, 4) is 6.07 Å². The second-order valence-electron chi connectivity index (χ2n) is 2.80. The Morgan fingerprint density at radius 3 is 3.19 bits per heavy atom. The lowest BCUT2D eigenvalue weighted by Crippen LogP contribution is -2.17. The highest BCUT2D eigenvalue weighted by molar-refractivity contribution is 9.10. The second-order valence-corrected chi connectivity index (χ2v) is 4.94. The molecule has 84 valence electrons. The monoisotopic (exact) mass is 300 g/mol. The first-order valence-electron chi connectivity index (χ1n) is 4.38. The Morgan fingerprint density at radius 2 is 2.56 bits per heavy atom. The maximum Gasteiger partial charge on any atom is 0.320 e. The zero-order chi connectivity index (χ0) is 12.0. The van der Waals surface area contributed by atoms with Gasteiger partial charge in [-0.15, -0.1) is 11.8 Å². The summed E-state index contributed by atoms with van der Waals surface area (Å²) in [6, 6.07) is 5.35. The van der Waals surface area contributed by atoms with Gasteiger partial charge in [0.1, 0.15) is 4.83 Å². The summed E-state index contributed by atoms with van der Waals surface area (Å²) in [6.07, 6.45) is 1.57. The van der Waals surface area contributed by atoms with E-state index in [2.05, 4.69) is 25.7 Å². The van der Waals surface area contributed by atoms with Gasteiger partial charge in [-0.3, -0.25) is 4.79 Å². The molecule has 16 heavy (non-hydrogen) atoms. The van der Waals surface area contributed by atoms with Crippen molar-refractivity contribution >= 4 is 33.7 Å². The fraction of sp³-hybridized carbons (Fsp3) is 0.300. The predicted octanol–water partition coefficient (Wildman–Crippen LogP) is 1.98. The molecule has 1 rings (SSSR count). The minimum atomic E-state index is -0.366. The maximum atomic E-state index is 11.1. The van der Waals surface area contributed by atoms with Crippen LogP contribution in [0.5, 0.6) is 0 Å². The van der Waals surface area contributed by atoms with Crippen molar-refractivity contribution < 1.29 is 9.53 Å². The van der Waals surface area contributed by atoms with Gasteiger partial charge in [-0.25, -0.2) is 4.98 Å². The summed E-state index contributed by atoms with van der Waals surface area (Å²) in [5, 5.41) is 9.41. The third kappa shape index (κ3) is 3.83. The number of nitriles is 1. The Morgan fingerprint density at radius 1 is 1.81 bits per heavy atom. The quantitative estimate of drug-likeness (QED) is 0.483. The summed E-state index contributed by atoms with van der Waals surface area (Å²) < 4.78 is 4.57. The topological polar surface area (TPSA) is 63.0 Å². The summed E-state index contributed by atoms with van der Waals surface area (Å²) in [4.78, 5) is 14.8. The summed E-state index contributed by atoms with van der Waals surface area (Å²) in [5.74, 6) is 0.193. The van der Waals surface area contributed by atoms with Crippen molar-refractivity contribution in [2.75, 3.05) is 12.9 Å². The highest BCUT2D eigenvalue weighted by atomic mass is 79.9. The van der Waals surface area contributed by atoms with Gasteiger partial charge >= 0.3 is 5.97 Å². The second kappa shape index (κ2) is 6.51. The normalized spacial score (nSPS) is 11.6. The number of carbonyl (C=O) groups excluding carboxylic acids is 1. The first-order chi connectivity index (χ1) is 7.67. The van der Waals surface area contributed by atoms with E-state index in [4.69, 9.17) is 5.26 Å². The molecule has 0 fully saturated rings. The smallest absolute Gasteiger partial charge is 0.320 e. The van der Waals surface area contributed by atoms with Gasteiger partial charge in [-0.05, 0) is 12.1 Å². The van der Waals surface area contributed by atoms with Crippen molar-refractivity contribution in [2.24, 2.45) is 0 Å². The van der Waals surface area contributed by atoms with Gasteiger partial charge in [0.05, 0.1) is 23.8 Å². The molecule has 0 saturated heterocycles. The third-order valence-corrected chi connectivity index (χ3v) is 3.84. The van der Waals surface area contributed by atoms with Gasteiger partial charge < -0.3 is 4.74 Å². The third-order valence-electron chi connectivity index (χ3n) is 1.70. The van der Waals surface area contributed by atoms with E-state index in [1.165, 1.54) is 18.9 Å². The van der Waals surface area contributed by atoms with E-state index >= 15 is 0 Å². The van der Waals surface area contributed by atoms with Crippen LogP contribution < -0.4 is 0 Å². The molecule has 1 aromatic rings. The van der Waals surface area contributed by atoms with Crippen LogP contribution in [0.4, 0.5) is 0 Å². The Hall–Kier alpha value is -1.06. The number of esters is 1. The molecule has 1 aromatic heterocycles. The van der Waals surface area contributed by atoms with E-state index in [1.807, 2.05) is 6.07 Å². The molecular formula is C10H9BrN2O2S. The van der Waals surface area contributed by atoms with E-state index in [9.17, 15) is 4.79 Å². The van der Waals surface area contributed by atoms with Crippen molar-refractivity contribution in [2.45, 2.75) is 9.85 Å². The molecule has 1 heterocycles. The number of alkyl halides is 1. The zero-order valence-corrected chi connectivity index (χ0v) is 10.9. The number of halogens is 1. The van der Waals surface area contributed by atoms with Crippen molar-refractivity contribution in [1.29, 1.82) is 5.26 Å².